The van der Waals surface area contributed by atoms with E-state index in [0.717, 1.165) is 21.1 Å². The Morgan fingerprint density at radius 2 is 2.00 bits per heavy atom. The van der Waals surface area contributed by atoms with Crippen molar-refractivity contribution >= 4 is 32.7 Å². The lowest BCUT2D eigenvalue weighted by Crippen LogP contribution is -1.84. The maximum atomic E-state index is 5.74. The predicted molar refractivity (Wildman–Crippen MR) is 71.6 cm³/mol. The highest BCUT2D eigenvalue weighted by Gasteiger charge is 2.08. The van der Waals surface area contributed by atoms with Crippen molar-refractivity contribution in [2.24, 2.45) is 0 Å². The molecule has 0 saturated carbocycles. The van der Waals surface area contributed by atoms with Gasteiger partial charge in [-0.15, -0.1) is 0 Å². The summed E-state index contributed by atoms with van der Waals surface area (Å²) in [6, 6.07) is 13.2. The van der Waals surface area contributed by atoms with Crippen LogP contribution in [0, 0.1) is 0 Å². The molecule has 0 spiro atoms. The van der Waals surface area contributed by atoms with Gasteiger partial charge in [-0.2, -0.15) is 0 Å². The lowest BCUT2D eigenvalue weighted by molar-refractivity contribution is 0.620. The summed E-state index contributed by atoms with van der Waals surface area (Å²) in [7, 11) is 0. The molecule has 3 rings (SSSR count). The molecule has 3 nitrogen and oxygen atoms in total. The minimum absolute atomic E-state index is 0.588. The molecule has 4 heteroatoms. The number of oxazole rings is 1. The number of halogens is 1. The molecular weight excluding hydrogens is 280 g/mol. The van der Waals surface area contributed by atoms with E-state index in [0.29, 0.717) is 11.6 Å². The van der Waals surface area contributed by atoms with Crippen molar-refractivity contribution in [3.8, 4) is 11.5 Å². The Morgan fingerprint density at radius 1 is 1.12 bits per heavy atom. The van der Waals surface area contributed by atoms with Crippen LogP contribution in [-0.2, 0) is 0 Å². The van der Waals surface area contributed by atoms with Crippen LogP contribution < -0.4 is 5.73 Å². The van der Waals surface area contributed by atoms with Gasteiger partial charge in [-0.1, -0.05) is 22.0 Å². The van der Waals surface area contributed by atoms with Gasteiger partial charge in [-0.3, -0.25) is 0 Å². The molecule has 3 aromatic rings. The van der Waals surface area contributed by atoms with Gasteiger partial charge in [0.15, 0.2) is 5.58 Å². The third kappa shape index (κ3) is 1.91. The van der Waals surface area contributed by atoms with Crippen LogP contribution in [0.25, 0.3) is 22.6 Å². The van der Waals surface area contributed by atoms with E-state index in [2.05, 4.69) is 20.9 Å². The van der Waals surface area contributed by atoms with E-state index in [1.54, 1.807) is 0 Å². The van der Waals surface area contributed by atoms with Crippen molar-refractivity contribution in [2.75, 3.05) is 5.73 Å². The van der Waals surface area contributed by atoms with Gasteiger partial charge < -0.3 is 10.2 Å². The number of nitrogen functional groups attached to an aromatic ring is 1. The fraction of sp³-hybridized carbons (Fsp3) is 0. The Hall–Kier alpha value is -1.81. The maximum absolute atomic E-state index is 5.74. The zero-order chi connectivity index (χ0) is 11.8. The molecule has 2 N–H and O–H groups in total. The molecule has 0 atom stereocenters. The number of rotatable bonds is 1. The van der Waals surface area contributed by atoms with Crippen LogP contribution in [-0.4, -0.2) is 4.98 Å². The largest absolute Gasteiger partial charge is 0.436 e. The second-order valence-corrected chi connectivity index (χ2v) is 4.67. The van der Waals surface area contributed by atoms with E-state index in [4.69, 9.17) is 10.2 Å². The highest BCUT2D eigenvalue weighted by Crippen LogP contribution is 2.27. The molecule has 0 fully saturated rings. The van der Waals surface area contributed by atoms with Gasteiger partial charge in [0, 0.05) is 15.7 Å². The molecule has 0 aliphatic carbocycles. The first-order valence-electron chi connectivity index (χ1n) is 5.14. The fourth-order valence-corrected chi connectivity index (χ4v) is 2.04. The Bertz CT molecular complexity index is 691. The molecule has 0 bridgehead atoms. The highest BCUT2D eigenvalue weighted by molar-refractivity contribution is 9.10. The number of fused-ring (bicyclic) bond motifs is 1. The Labute approximate surface area is 106 Å². The third-order valence-electron chi connectivity index (χ3n) is 2.48. The third-order valence-corrected chi connectivity index (χ3v) is 2.98. The van der Waals surface area contributed by atoms with Gasteiger partial charge in [-0.25, -0.2) is 4.98 Å². The number of benzene rings is 2. The predicted octanol–water partition coefficient (Wildman–Crippen LogP) is 3.84. The van der Waals surface area contributed by atoms with E-state index in [-0.39, 0.29) is 0 Å². The Kier molecular flexibility index (Phi) is 2.37. The van der Waals surface area contributed by atoms with Crippen molar-refractivity contribution in [2.45, 2.75) is 0 Å². The highest BCUT2D eigenvalue weighted by atomic mass is 79.9. The normalized spacial score (nSPS) is 10.9. The zero-order valence-corrected chi connectivity index (χ0v) is 10.4. The maximum Gasteiger partial charge on any atom is 0.227 e. The molecular formula is C13H9BrN2O. The lowest BCUT2D eigenvalue weighted by Gasteiger charge is -1.95. The first kappa shape index (κ1) is 10.4. The van der Waals surface area contributed by atoms with Crippen LogP contribution in [0.2, 0.25) is 0 Å². The number of aromatic nitrogens is 1. The average Bonchev–Trinajstić information content (AvgIpc) is 2.72. The van der Waals surface area contributed by atoms with E-state index in [1.807, 2.05) is 42.5 Å². The average molecular weight is 289 g/mol. The molecule has 1 heterocycles. The summed E-state index contributed by atoms with van der Waals surface area (Å²) in [5, 5.41) is 0. The monoisotopic (exact) mass is 288 g/mol. The number of anilines is 1. The minimum atomic E-state index is 0.588. The minimum Gasteiger partial charge on any atom is -0.436 e. The smallest absolute Gasteiger partial charge is 0.227 e. The topological polar surface area (TPSA) is 52.0 Å². The Morgan fingerprint density at radius 3 is 2.82 bits per heavy atom. The molecule has 1 aromatic heterocycles. The standard InChI is InChI=1S/C13H9BrN2O/c14-9-4-5-12-11(7-9)16-13(17-12)8-2-1-3-10(15)6-8/h1-7H,15H2. The molecule has 17 heavy (non-hydrogen) atoms. The van der Waals surface area contributed by atoms with Crippen LogP contribution in [0.5, 0.6) is 0 Å². The lowest BCUT2D eigenvalue weighted by atomic mass is 10.2. The number of nitrogens with two attached hydrogens (primary N) is 1. The molecule has 0 radical (unpaired) electrons. The second kappa shape index (κ2) is 3.89. The molecule has 0 aliphatic heterocycles. The van der Waals surface area contributed by atoms with Crippen molar-refractivity contribution < 1.29 is 4.42 Å². The van der Waals surface area contributed by atoms with Gasteiger partial charge in [0.1, 0.15) is 5.52 Å². The zero-order valence-electron chi connectivity index (χ0n) is 8.85. The summed E-state index contributed by atoms with van der Waals surface area (Å²) in [5.74, 6) is 0.588. The first-order chi connectivity index (χ1) is 8.22. The van der Waals surface area contributed by atoms with Gasteiger partial charge in [0.2, 0.25) is 5.89 Å². The van der Waals surface area contributed by atoms with Crippen LogP contribution in [0.15, 0.2) is 51.4 Å². The molecule has 84 valence electrons. The van der Waals surface area contributed by atoms with Crippen LogP contribution in [0.4, 0.5) is 5.69 Å². The summed E-state index contributed by atoms with van der Waals surface area (Å²) < 4.78 is 6.66. The molecule has 0 saturated heterocycles. The molecule has 2 aromatic carbocycles. The van der Waals surface area contributed by atoms with E-state index in [9.17, 15) is 0 Å². The van der Waals surface area contributed by atoms with Gasteiger partial charge in [0.05, 0.1) is 0 Å². The SMILES string of the molecule is Nc1cccc(-c2nc3cc(Br)ccc3o2)c1. The summed E-state index contributed by atoms with van der Waals surface area (Å²) in [4.78, 5) is 4.43. The second-order valence-electron chi connectivity index (χ2n) is 3.76. The van der Waals surface area contributed by atoms with Crippen LogP contribution >= 0.6 is 15.9 Å². The summed E-state index contributed by atoms with van der Waals surface area (Å²) in [6.07, 6.45) is 0. The molecule has 0 amide bonds. The molecule has 0 unspecified atom stereocenters. The summed E-state index contributed by atoms with van der Waals surface area (Å²) >= 11 is 3.41. The quantitative estimate of drug-likeness (QED) is 0.692. The fourth-order valence-electron chi connectivity index (χ4n) is 1.70. The van der Waals surface area contributed by atoms with Crippen molar-refractivity contribution in [1.29, 1.82) is 0 Å². The van der Waals surface area contributed by atoms with Gasteiger partial charge in [0.25, 0.3) is 0 Å². The summed E-state index contributed by atoms with van der Waals surface area (Å²) in [5.41, 5.74) is 8.92. The van der Waals surface area contributed by atoms with E-state index in [1.165, 1.54) is 0 Å². The van der Waals surface area contributed by atoms with Crippen molar-refractivity contribution in [3.63, 3.8) is 0 Å². The first-order valence-corrected chi connectivity index (χ1v) is 5.94. The number of hydrogen-bond acceptors (Lipinski definition) is 3. The van der Waals surface area contributed by atoms with Gasteiger partial charge in [-0.05, 0) is 36.4 Å². The van der Waals surface area contributed by atoms with Crippen molar-refractivity contribution in [1.82, 2.24) is 4.98 Å². The van der Waals surface area contributed by atoms with Gasteiger partial charge >= 0.3 is 0 Å². The Balaban J connectivity index is 2.18. The van der Waals surface area contributed by atoms with E-state index >= 15 is 0 Å². The van der Waals surface area contributed by atoms with Crippen molar-refractivity contribution in [3.05, 3.63) is 46.9 Å². The summed E-state index contributed by atoms with van der Waals surface area (Å²) in [6.45, 7) is 0. The molecule has 0 aliphatic rings. The van der Waals surface area contributed by atoms with E-state index < -0.39 is 0 Å². The number of nitrogens with zero attached hydrogens (tertiary/aromatic N) is 1. The number of hydrogen-bond donors (Lipinski definition) is 1. The van der Waals surface area contributed by atoms with Crippen LogP contribution in [0.1, 0.15) is 0 Å². The van der Waals surface area contributed by atoms with Crippen LogP contribution in [0.3, 0.4) is 0 Å².